The van der Waals surface area contributed by atoms with E-state index < -0.39 is 22.0 Å². The summed E-state index contributed by atoms with van der Waals surface area (Å²) in [6.07, 6.45) is 0.825. The number of anilines is 1. The van der Waals surface area contributed by atoms with Crippen LogP contribution >= 0.6 is 0 Å². The summed E-state index contributed by atoms with van der Waals surface area (Å²) >= 11 is 0. The quantitative estimate of drug-likeness (QED) is 0.850. The minimum atomic E-state index is -3.85. The Morgan fingerprint density at radius 3 is 2.46 bits per heavy atom. The molecule has 1 atom stereocenters. The monoisotopic (exact) mass is 348 g/mol. The normalized spacial score (nSPS) is 20.0. The summed E-state index contributed by atoms with van der Waals surface area (Å²) in [4.78, 5) is 4.25. The van der Waals surface area contributed by atoms with Gasteiger partial charge in [-0.25, -0.2) is 12.7 Å². The van der Waals surface area contributed by atoms with Gasteiger partial charge in [-0.05, 0) is 45.0 Å². The highest BCUT2D eigenvalue weighted by Crippen LogP contribution is 2.33. The first-order valence-electron chi connectivity index (χ1n) is 7.64. The van der Waals surface area contributed by atoms with Gasteiger partial charge in [-0.1, -0.05) is 18.2 Å². The highest BCUT2D eigenvalue weighted by molar-refractivity contribution is 7.92. The maximum absolute atomic E-state index is 13.3. The maximum atomic E-state index is 13.3. The largest absolute Gasteiger partial charge is 0.346 e. The second kappa shape index (κ2) is 6.16. The highest BCUT2D eigenvalue weighted by atomic mass is 32.2. The van der Waals surface area contributed by atoms with E-state index in [1.807, 2.05) is 6.07 Å². The number of benzene rings is 1. The van der Waals surface area contributed by atoms with Crippen LogP contribution < -0.4 is 4.31 Å². The standard InChI is InChI=1S/C17H20N2O4S/c1-13-15(10-7-11-18-13)24(20,21)19(14-8-5-4-6-9-14)16-12-22-17(2,3)23-16/h4-11,16H,12H2,1-3H3. The van der Waals surface area contributed by atoms with Crippen LogP contribution in [0.4, 0.5) is 5.69 Å². The number of pyridine rings is 1. The van der Waals surface area contributed by atoms with E-state index in [9.17, 15) is 8.42 Å². The van der Waals surface area contributed by atoms with Gasteiger partial charge in [-0.15, -0.1) is 0 Å². The fourth-order valence-corrected chi connectivity index (χ4v) is 4.37. The van der Waals surface area contributed by atoms with Crippen LogP contribution in [0.15, 0.2) is 53.6 Å². The van der Waals surface area contributed by atoms with Crippen LogP contribution in [0.3, 0.4) is 0 Å². The Morgan fingerprint density at radius 2 is 1.88 bits per heavy atom. The van der Waals surface area contributed by atoms with Crippen molar-refractivity contribution in [2.24, 2.45) is 0 Å². The number of hydrogen-bond donors (Lipinski definition) is 0. The Morgan fingerprint density at radius 1 is 1.17 bits per heavy atom. The van der Waals surface area contributed by atoms with Crippen LogP contribution in [0.2, 0.25) is 0 Å². The smallest absolute Gasteiger partial charge is 0.268 e. The van der Waals surface area contributed by atoms with E-state index in [0.29, 0.717) is 11.4 Å². The SMILES string of the molecule is Cc1ncccc1S(=O)(=O)N(c1ccccc1)C1COC(C)(C)O1. The van der Waals surface area contributed by atoms with E-state index in [-0.39, 0.29) is 11.5 Å². The molecule has 0 amide bonds. The molecule has 2 aromatic rings. The van der Waals surface area contributed by atoms with E-state index >= 15 is 0 Å². The molecule has 0 aliphatic carbocycles. The predicted molar refractivity (Wildman–Crippen MR) is 90.0 cm³/mol. The molecule has 128 valence electrons. The third-order valence-corrected chi connectivity index (χ3v) is 5.71. The van der Waals surface area contributed by atoms with E-state index in [0.717, 1.165) is 0 Å². The van der Waals surface area contributed by atoms with Gasteiger partial charge < -0.3 is 9.47 Å². The molecule has 1 unspecified atom stereocenters. The molecule has 1 saturated heterocycles. The Kier molecular flexibility index (Phi) is 4.33. The van der Waals surface area contributed by atoms with Crippen molar-refractivity contribution in [1.29, 1.82) is 0 Å². The molecule has 1 aromatic carbocycles. The van der Waals surface area contributed by atoms with Crippen LogP contribution in [-0.4, -0.2) is 32.0 Å². The molecule has 0 spiro atoms. The van der Waals surface area contributed by atoms with E-state index in [2.05, 4.69) is 4.98 Å². The molecular formula is C17H20N2O4S. The van der Waals surface area contributed by atoms with Crippen molar-refractivity contribution in [3.05, 3.63) is 54.4 Å². The average molecular weight is 348 g/mol. The van der Waals surface area contributed by atoms with Crippen LogP contribution in [-0.2, 0) is 19.5 Å². The number of para-hydroxylation sites is 1. The minimum absolute atomic E-state index is 0.153. The lowest BCUT2D eigenvalue weighted by atomic mass is 10.3. The predicted octanol–water partition coefficient (Wildman–Crippen LogP) is 2.69. The van der Waals surface area contributed by atoms with Gasteiger partial charge in [-0.3, -0.25) is 4.98 Å². The summed E-state index contributed by atoms with van der Waals surface area (Å²) in [5, 5.41) is 0. The highest BCUT2D eigenvalue weighted by Gasteiger charge is 2.42. The van der Waals surface area contributed by atoms with Crippen molar-refractivity contribution < 1.29 is 17.9 Å². The molecule has 0 N–H and O–H groups in total. The molecule has 1 aliphatic rings. The molecule has 7 heteroatoms. The molecule has 0 saturated carbocycles. The van der Waals surface area contributed by atoms with Crippen molar-refractivity contribution in [1.82, 2.24) is 4.98 Å². The summed E-state index contributed by atoms with van der Waals surface area (Å²) in [5.41, 5.74) is 0.962. The summed E-state index contributed by atoms with van der Waals surface area (Å²) in [6, 6.07) is 12.0. The molecule has 0 radical (unpaired) electrons. The van der Waals surface area contributed by atoms with Gasteiger partial charge in [0.2, 0.25) is 0 Å². The fourth-order valence-electron chi connectivity index (χ4n) is 2.67. The Balaban J connectivity index is 2.10. The van der Waals surface area contributed by atoms with Crippen LogP contribution in [0.5, 0.6) is 0 Å². The first-order valence-corrected chi connectivity index (χ1v) is 9.08. The molecule has 6 nitrogen and oxygen atoms in total. The first-order chi connectivity index (χ1) is 11.3. The first kappa shape index (κ1) is 16.9. The van der Waals surface area contributed by atoms with Gasteiger partial charge in [0.1, 0.15) is 4.90 Å². The Labute approximate surface area is 142 Å². The lowest BCUT2D eigenvalue weighted by Gasteiger charge is -2.30. The average Bonchev–Trinajstić information content (AvgIpc) is 2.88. The van der Waals surface area contributed by atoms with Crippen LogP contribution in [0.1, 0.15) is 19.5 Å². The zero-order valence-electron chi connectivity index (χ0n) is 13.8. The summed E-state index contributed by atoms with van der Waals surface area (Å²) in [5.74, 6) is -0.836. The van der Waals surface area contributed by atoms with Gasteiger partial charge >= 0.3 is 0 Å². The van der Waals surface area contributed by atoms with E-state index in [1.165, 1.54) is 4.31 Å². The number of ether oxygens (including phenoxy) is 2. The summed E-state index contributed by atoms with van der Waals surface area (Å²) in [7, 11) is -3.85. The van der Waals surface area contributed by atoms with E-state index in [4.69, 9.17) is 9.47 Å². The summed E-state index contributed by atoms with van der Waals surface area (Å²) in [6.45, 7) is 5.35. The molecule has 1 aliphatic heterocycles. The number of aryl methyl sites for hydroxylation is 1. The number of rotatable bonds is 4. The topological polar surface area (TPSA) is 68.7 Å². The number of hydrogen-bond acceptors (Lipinski definition) is 5. The van der Waals surface area contributed by atoms with Gasteiger partial charge in [0.25, 0.3) is 10.0 Å². The summed E-state index contributed by atoms with van der Waals surface area (Å²) < 4.78 is 39.3. The number of nitrogens with zero attached hydrogens (tertiary/aromatic N) is 2. The Hall–Kier alpha value is -1.96. The van der Waals surface area contributed by atoms with Crippen molar-refractivity contribution in [3.8, 4) is 0 Å². The Bertz CT molecular complexity index is 821. The molecule has 24 heavy (non-hydrogen) atoms. The van der Waals surface area contributed by atoms with Gasteiger partial charge in [0, 0.05) is 6.20 Å². The molecule has 1 aromatic heterocycles. The molecule has 0 bridgehead atoms. The third kappa shape index (κ3) is 3.15. The molecule has 3 rings (SSSR count). The lowest BCUT2D eigenvalue weighted by Crippen LogP contribution is -2.43. The van der Waals surface area contributed by atoms with Gasteiger partial charge in [0.05, 0.1) is 18.0 Å². The van der Waals surface area contributed by atoms with Crippen LogP contribution in [0, 0.1) is 6.92 Å². The van der Waals surface area contributed by atoms with Crippen LogP contribution in [0.25, 0.3) is 0 Å². The molecule has 1 fully saturated rings. The number of aromatic nitrogens is 1. The lowest BCUT2D eigenvalue weighted by molar-refractivity contribution is -0.136. The molecular weight excluding hydrogens is 328 g/mol. The van der Waals surface area contributed by atoms with Gasteiger partial charge in [0.15, 0.2) is 12.0 Å². The third-order valence-electron chi connectivity index (χ3n) is 3.76. The van der Waals surface area contributed by atoms with Crippen molar-refractivity contribution in [2.75, 3.05) is 10.9 Å². The number of sulfonamides is 1. The zero-order chi connectivity index (χ0) is 17.4. The maximum Gasteiger partial charge on any atom is 0.268 e. The van der Waals surface area contributed by atoms with Gasteiger partial charge in [-0.2, -0.15) is 0 Å². The molecule has 2 heterocycles. The van der Waals surface area contributed by atoms with Crippen molar-refractivity contribution >= 4 is 15.7 Å². The minimum Gasteiger partial charge on any atom is -0.346 e. The van der Waals surface area contributed by atoms with Crippen molar-refractivity contribution in [3.63, 3.8) is 0 Å². The second-order valence-corrected chi connectivity index (χ2v) is 7.79. The fraction of sp³-hybridized carbons (Fsp3) is 0.353. The second-order valence-electron chi connectivity index (χ2n) is 6.01. The van der Waals surface area contributed by atoms with E-state index in [1.54, 1.807) is 63.4 Å². The van der Waals surface area contributed by atoms with Crippen molar-refractivity contribution in [2.45, 2.75) is 37.7 Å². The zero-order valence-corrected chi connectivity index (χ0v) is 14.7.